The third-order valence-corrected chi connectivity index (χ3v) is 4.39. The number of nitrogens with one attached hydrogen (secondary N) is 1. The van der Waals surface area contributed by atoms with Crippen LogP contribution >= 0.6 is 0 Å². The first-order valence-corrected chi connectivity index (χ1v) is 9.10. The number of halogens is 1. The van der Waals surface area contributed by atoms with Gasteiger partial charge in [0, 0.05) is 24.4 Å². The average Bonchev–Trinajstić information content (AvgIpc) is 3.40. The number of aromatic nitrogens is 7. The third-order valence-electron chi connectivity index (χ3n) is 4.39. The van der Waals surface area contributed by atoms with E-state index in [-0.39, 0.29) is 30.6 Å². The van der Waals surface area contributed by atoms with E-state index in [2.05, 4.69) is 36.0 Å². The predicted molar refractivity (Wildman–Crippen MR) is 101 cm³/mol. The second-order valence-corrected chi connectivity index (χ2v) is 6.49. The molecule has 1 aromatic carbocycles. The summed E-state index contributed by atoms with van der Waals surface area (Å²) in [5.41, 5.74) is 1.39. The van der Waals surface area contributed by atoms with Gasteiger partial charge in [-0.3, -0.25) is 9.78 Å². The fourth-order valence-corrected chi connectivity index (χ4v) is 2.93. The summed E-state index contributed by atoms with van der Waals surface area (Å²) >= 11 is 0. The molecular weight excluding hydrogens is 391 g/mol. The maximum Gasteiger partial charge on any atom is 0.246 e. The zero-order valence-corrected chi connectivity index (χ0v) is 15.9. The number of benzene rings is 1. The largest absolute Gasteiger partial charge is 0.345 e. The first kappa shape index (κ1) is 19.3. The van der Waals surface area contributed by atoms with Crippen LogP contribution in [-0.4, -0.2) is 41.2 Å². The van der Waals surface area contributed by atoms with Gasteiger partial charge >= 0.3 is 0 Å². The fraction of sp³-hybridized carbons (Fsp3) is 0.211. The highest BCUT2D eigenvalue weighted by Gasteiger charge is 2.25. The van der Waals surface area contributed by atoms with Gasteiger partial charge in [-0.25, -0.2) is 9.07 Å². The number of pyridine rings is 1. The van der Waals surface area contributed by atoms with Crippen molar-refractivity contribution < 1.29 is 13.7 Å². The minimum atomic E-state index is -0.774. The summed E-state index contributed by atoms with van der Waals surface area (Å²) < 4.78 is 20.2. The Bertz CT molecular complexity index is 1140. The van der Waals surface area contributed by atoms with E-state index < -0.39 is 6.04 Å². The maximum absolute atomic E-state index is 13.6. The summed E-state index contributed by atoms with van der Waals surface area (Å²) in [6, 6.07) is 8.78. The number of rotatable bonds is 7. The molecule has 30 heavy (non-hydrogen) atoms. The van der Waals surface area contributed by atoms with Gasteiger partial charge in [-0.1, -0.05) is 17.3 Å². The van der Waals surface area contributed by atoms with Gasteiger partial charge in [0.25, 0.3) is 0 Å². The lowest BCUT2D eigenvalue weighted by atomic mass is 10.1. The Balaban J connectivity index is 1.48. The van der Waals surface area contributed by atoms with Crippen LogP contribution in [0.25, 0.3) is 11.4 Å². The Hall–Kier alpha value is -4.02. The van der Waals surface area contributed by atoms with Gasteiger partial charge in [-0.15, -0.1) is 5.10 Å². The van der Waals surface area contributed by atoms with Gasteiger partial charge in [-0.2, -0.15) is 4.98 Å². The Morgan fingerprint density at radius 2 is 2.10 bits per heavy atom. The average molecular weight is 408 g/mol. The van der Waals surface area contributed by atoms with E-state index >= 15 is 0 Å². The Kier molecular flexibility index (Phi) is 5.50. The van der Waals surface area contributed by atoms with Crippen LogP contribution in [0.1, 0.15) is 23.3 Å². The predicted octanol–water partition coefficient (Wildman–Crippen LogP) is 1.67. The highest BCUT2D eigenvalue weighted by atomic mass is 19.1. The van der Waals surface area contributed by atoms with Crippen molar-refractivity contribution >= 4 is 5.91 Å². The lowest BCUT2D eigenvalue weighted by Gasteiger charge is -2.17. The Morgan fingerprint density at radius 3 is 2.83 bits per heavy atom. The molecule has 0 spiro atoms. The van der Waals surface area contributed by atoms with Crippen molar-refractivity contribution in [1.82, 2.24) is 40.6 Å². The number of amides is 1. The molecule has 3 aromatic heterocycles. The zero-order valence-electron chi connectivity index (χ0n) is 15.9. The molecule has 0 saturated carbocycles. The van der Waals surface area contributed by atoms with Gasteiger partial charge in [0.2, 0.25) is 17.6 Å². The lowest BCUT2D eigenvalue weighted by molar-refractivity contribution is -0.125. The lowest BCUT2D eigenvalue weighted by Crippen LogP contribution is -2.34. The molecule has 0 aliphatic heterocycles. The third kappa shape index (κ3) is 4.35. The molecule has 1 N–H and O–H groups in total. The normalized spacial score (nSPS) is 11.9. The Labute approximate surface area is 170 Å². The monoisotopic (exact) mass is 408 g/mol. The SMILES string of the molecule is Cc1nnnn1C(Cc1cccc(F)c1)C(=O)NCc1nc(-c2ccncc2)no1. The first-order valence-electron chi connectivity index (χ1n) is 9.10. The van der Waals surface area contributed by atoms with E-state index in [0.29, 0.717) is 17.2 Å². The highest BCUT2D eigenvalue weighted by molar-refractivity contribution is 5.80. The van der Waals surface area contributed by atoms with Crippen molar-refractivity contribution in [2.75, 3.05) is 0 Å². The molecule has 11 heteroatoms. The maximum atomic E-state index is 13.6. The van der Waals surface area contributed by atoms with E-state index in [1.54, 1.807) is 43.6 Å². The zero-order chi connectivity index (χ0) is 20.9. The van der Waals surface area contributed by atoms with Crippen molar-refractivity contribution in [2.24, 2.45) is 0 Å². The van der Waals surface area contributed by atoms with E-state index in [1.807, 2.05) is 0 Å². The number of hydrogen-bond acceptors (Lipinski definition) is 8. The van der Waals surface area contributed by atoms with Crippen LogP contribution in [0.3, 0.4) is 0 Å². The van der Waals surface area contributed by atoms with E-state index in [9.17, 15) is 9.18 Å². The van der Waals surface area contributed by atoms with Crippen LogP contribution in [0.5, 0.6) is 0 Å². The van der Waals surface area contributed by atoms with Crippen molar-refractivity contribution in [1.29, 1.82) is 0 Å². The molecule has 1 unspecified atom stereocenters. The molecule has 1 amide bonds. The minimum absolute atomic E-state index is 0.0255. The quantitative estimate of drug-likeness (QED) is 0.490. The second-order valence-electron chi connectivity index (χ2n) is 6.49. The minimum Gasteiger partial charge on any atom is -0.345 e. The molecule has 152 valence electrons. The van der Waals surface area contributed by atoms with Crippen LogP contribution in [0, 0.1) is 12.7 Å². The molecule has 0 aliphatic carbocycles. The van der Waals surface area contributed by atoms with E-state index in [4.69, 9.17) is 4.52 Å². The Morgan fingerprint density at radius 1 is 1.27 bits per heavy atom. The standard InChI is InChI=1S/C19H17FN8O2/c1-12-24-26-27-28(12)16(10-13-3-2-4-15(20)9-13)19(29)22-11-17-23-18(25-30-17)14-5-7-21-8-6-14/h2-9,16H,10-11H2,1H3,(H,22,29). The number of nitrogens with zero attached hydrogens (tertiary/aromatic N) is 7. The fourth-order valence-electron chi connectivity index (χ4n) is 2.93. The summed E-state index contributed by atoms with van der Waals surface area (Å²) in [6.07, 6.45) is 3.46. The van der Waals surface area contributed by atoms with Gasteiger partial charge in [0.1, 0.15) is 17.7 Å². The summed E-state index contributed by atoms with van der Waals surface area (Å²) in [4.78, 5) is 21.1. The van der Waals surface area contributed by atoms with Crippen LogP contribution in [0.15, 0.2) is 53.3 Å². The second kappa shape index (κ2) is 8.55. The summed E-state index contributed by atoms with van der Waals surface area (Å²) in [7, 11) is 0. The van der Waals surface area contributed by atoms with Crippen LogP contribution in [-0.2, 0) is 17.8 Å². The molecule has 3 heterocycles. The number of tetrazole rings is 1. The van der Waals surface area contributed by atoms with Gasteiger partial charge in [-0.05, 0) is 47.2 Å². The molecule has 10 nitrogen and oxygen atoms in total. The van der Waals surface area contributed by atoms with E-state index in [0.717, 1.165) is 5.56 Å². The first-order chi connectivity index (χ1) is 14.6. The van der Waals surface area contributed by atoms with Crippen LogP contribution < -0.4 is 5.32 Å². The molecule has 4 aromatic rings. The summed E-state index contributed by atoms with van der Waals surface area (Å²) in [6.45, 7) is 1.71. The number of carbonyl (C=O) groups excluding carboxylic acids is 1. The molecule has 0 bridgehead atoms. The van der Waals surface area contributed by atoms with Gasteiger partial charge in [0.05, 0.1) is 6.54 Å². The van der Waals surface area contributed by atoms with Crippen molar-refractivity contribution in [3.05, 3.63) is 71.9 Å². The molecular formula is C19H17FN8O2. The molecule has 0 aliphatic rings. The summed E-state index contributed by atoms with van der Waals surface area (Å²) in [5.74, 6) is 0.361. The molecule has 4 rings (SSSR count). The molecule has 0 radical (unpaired) electrons. The van der Waals surface area contributed by atoms with Crippen molar-refractivity contribution in [2.45, 2.75) is 25.9 Å². The highest BCUT2D eigenvalue weighted by Crippen LogP contribution is 2.17. The van der Waals surface area contributed by atoms with Crippen LogP contribution in [0.2, 0.25) is 0 Å². The number of carbonyl (C=O) groups is 1. The van der Waals surface area contributed by atoms with Crippen molar-refractivity contribution in [3.8, 4) is 11.4 Å². The van der Waals surface area contributed by atoms with E-state index in [1.165, 1.54) is 16.8 Å². The number of aryl methyl sites for hydroxylation is 1. The van der Waals surface area contributed by atoms with Crippen molar-refractivity contribution in [3.63, 3.8) is 0 Å². The van der Waals surface area contributed by atoms with Gasteiger partial charge < -0.3 is 9.84 Å². The van der Waals surface area contributed by atoms with Crippen LogP contribution in [0.4, 0.5) is 4.39 Å². The molecule has 1 atom stereocenters. The molecule has 0 saturated heterocycles. The number of hydrogen-bond donors (Lipinski definition) is 1. The van der Waals surface area contributed by atoms with Gasteiger partial charge in [0.15, 0.2) is 0 Å². The topological polar surface area (TPSA) is 125 Å². The smallest absolute Gasteiger partial charge is 0.246 e. The summed E-state index contributed by atoms with van der Waals surface area (Å²) in [5, 5.41) is 18.0. The molecule has 0 fully saturated rings.